The van der Waals surface area contributed by atoms with Crippen LogP contribution in [0.1, 0.15) is 25.7 Å². The van der Waals surface area contributed by atoms with Gasteiger partial charge in [-0.15, -0.1) is 0 Å². The molecule has 2 unspecified atom stereocenters. The first-order valence-corrected chi connectivity index (χ1v) is 7.87. The van der Waals surface area contributed by atoms with E-state index in [1.54, 1.807) is 0 Å². The SMILES string of the molecule is O=c1[nH]cc(S(=O)(=O)N2C3CCC2CC(O)C3)c(=O)[nH]1. The van der Waals surface area contributed by atoms with Gasteiger partial charge >= 0.3 is 5.69 Å². The molecule has 8 nitrogen and oxygen atoms in total. The number of nitrogens with zero attached hydrogens (tertiary/aromatic N) is 1. The van der Waals surface area contributed by atoms with Gasteiger partial charge in [-0.25, -0.2) is 13.2 Å². The number of aliphatic hydroxyl groups excluding tert-OH is 1. The molecular formula is C11H15N3O5S. The van der Waals surface area contributed by atoms with Crippen LogP contribution < -0.4 is 11.2 Å². The minimum Gasteiger partial charge on any atom is -0.393 e. The van der Waals surface area contributed by atoms with E-state index in [1.807, 2.05) is 4.98 Å². The van der Waals surface area contributed by atoms with Gasteiger partial charge in [-0.05, 0) is 25.7 Å². The topological polar surface area (TPSA) is 123 Å². The van der Waals surface area contributed by atoms with Crippen LogP contribution in [0.2, 0.25) is 0 Å². The van der Waals surface area contributed by atoms with Gasteiger partial charge in [0.2, 0.25) is 0 Å². The lowest BCUT2D eigenvalue weighted by Crippen LogP contribution is -2.49. The number of aromatic nitrogens is 2. The van der Waals surface area contributed by atoms with Gasteiger partial charge in [0.05, 0.1) is 6.10 Å². The minimum atomic E-state index is -3.96. The van der Waals surface area contributed by atoms with E-state index in [1.165, 1.54) is 4.31 Å². The monoisotopic (exact) mass is 301 g/mol. The minimum absolute atomic E-state index is 0.278. The fourth-order valence-corrected chi connectivity index (χ4v) is 5.09. The number of aromatic amines is 2. The summed E-state index contributed by atoms with van der Waals surface area (Å²) < 4.78 is 26.5. The van der Waals surface area contributed by atoms with Crippen LogP contribution in [0.15, 0.2) is 20.7 Å². The molecule has 2 fully saturated rings. The number of nitrogens with one attached hydrogen (secondary N) is 2. The van der Waals surface area contributed by atoms with Crippen LogP contribution in [0.25, 0.3) is 0 Å². The van der Waals surface area contributed by atoms with Crippen molar-refractivity contribution >= 4 is 10.0 Å². The van der Waals surface area contributed by atoms with Crippen LogP contribution in [0.3, 0.4) is 0 Å². The Bertz CT molecular complexity index is 723. The number of fused-ring (bicyclic) bond motifs is 2. The van der Waals surface area contributed by atoms with Crippen molar-refractivity contribution in [2.24, 2.45) is 0 Å². The van der Waals surface area contributed by atoms with Crippen molar-refractivity contribution in [3.05, 3.63) is 27.0 Å². The second kappa shape index (κ2) is 4.54. The van der Waals surface area contributed by atoms with E-state index >= 15 is 0 Å². The van der Waals surface area contributed by atoms with Gasteiger partial charge < -0.3 is 10.1 Å². The van der Waals surface area contributed by atoms with Crippen molar-refractivity contribution in [3.63, 3.8) is 0 Å². The van der Waals surface area contributed by atoms with E-state index in [4.69, 9.17) is 0 Å². The van der Waals surface area contributed by atoms with Gasteiger partial charge in [0.1, 0.15) is 0 Å². The summed E-state index contributed by atoms with van der Waals surface area (Å²) >= 11 is 0. The number of H-pyrrole nitrogens is 2. The molecule has 3 rings (SSSR count). The molecule has 3 heterocycles. The van der Waals surface area contributed by atoms with E-state index < -0.39 is 32.3 Å². The molecule has 9 heteroatoms. The lowest BCUT2D eigenvalue weighted by molar-refractivity contribution is 0.0768. The molecule has 0 aromatic carbocycles. The summed E-state index contributed by atoms with van der Waals surface area (Å²) in [5.74, 6) is 0. The lowest BCUT2D eigenvalue weighted by atomic mass is 10.0. The molecule has 2 saturated heterocycles. The Labute approximate surface area is 114 Å². The van der Waals surface area contributed by atoms with E-state index in [-0.39, 0.29) is 12.1 Å². The van der Waals surface area contributed by atoms with Crippen molar-refractivity contribution in [2.45, 2.75) is 48.8 Å². The van der Waals surface area contributed by atoms with Gasteiger partial charge in [0, 0.05) is 18.3 Å². The summed E-state index contributed by atoms with van der Waals surface area (Å²) in [5.41, 5.74) is -1.66. The van der Waals surface area contributed by atoms with Crippen molar-refractivity contribution in [2.75, 3.05) is 0 Å². The number of sulfonamides is 1. The van der Waals surface area contributed by atoms with E-state index in [2.05, 4.69) is 4.98 Å². The summed E-state index contributed by atoms with van der Waals surface area (Å²) in [7, 11) is -3.96. The van der Waals surface area contributed by atoms with Crippen LogP contribution in [0.5, 0.6) is 0 Å². The molecular weight excluding hydrogens is 286 g/mol. The largest absolute Gasteiger partial charge is 0.393 e. The van der Waals surface area contributed by atoms with Gasteiger partial charge in [0.15, 0.2) is 4.90 Å². The average Bonchev–Trinajstić information content (AvgIpc) is 2.62. The third-order valence-corrected chi connectivity index (χ3v) is 5.99. The predicted molar refractivity (Wildman–Crippen MR) is 68.8 cm³/mol. The zero-order valence-corrected chi connectivity index (χ0v) is 11.4. The Kier molecular flexibility index (Phi) is 3.07. The Morgan fingerprint density at radius 3 is 2.35 bits per heavy atom. The third kappa shape index (κ3) is 2.02. The van der Waals surface area contributed by atoms with Crippen molar-refractivity contribution in [1.82, 2.24) is 14.3 Å². The molecule has 0 aliphatic carbocycles. The number of rotatable bonds is 2. The highest BCUT2D eigenvalue weighted by Crippen LogP contribution is 2.38. The number of piperidine rings is 1. The maximum Gasteiger partial charge on any atom is 0.325 e. The van der Waals surface area contributed by atoms with Gasteiger partial charge in [-0.3, -0.25) is 9.78 Å². The standard InChI is InChI=1S/C11H15N3O5S/c15-8-3-6-1-2-7(4-8)14(6)20(18,19)9-5-12-11(17)13-10(9)16/h5-8,15H,1-4H2,(H2,12,13,16,17). The molecule has 110 valence electrons. The van der Waals surface area contributed by atoms with Gasteiger partial charge in [-0.2, -0.15) is 4.31 Å². The van der Waals surface area contributed by atoms with Crippen LogP contribution in [0.4, 0.5) is 0 Å². The quantitative estimate of drug-likeness (QED) is 0.629. The second-order valence-electron chi connectivity index (χ2n) is 5.28. The summed E-state index contributed by atoms with van der Waals surface area (Å²) in [6, 6.07) is -0.555. The van der Waals surface area contributed by atoms with Crippen LogP contribution in [-0.4, -0.2) is 46.0 Å². The van der Waals surface area contributed by atoms with Crippen molar-refractivity contribution in [3.8, 4) is 0 Å². The maximum absolute atomic E-state index is 12.6. The molecule has 0 spiro atoms. The highest BCUT2D eigenvalue weighted by Gasteiger charge is 2.47. The zero-order valence-electron chi connectivity index (χ0n) is 10.6. The van der Waals surface area contributed by atoms with E-state index in [0.717, 1.165) is 6.20 Å². The fourth-order valence-electron chi connectivity index (χ4n) is 3.20. The molecule has 0 radical (unpaired) electrons. The van der Waals surface area contributed by atoms with Crippen molar-refractivity contribution in [1.29, 1.82) is 0 Å². The molecule has 1 aromatic rings. The van der Waals surface area contributed by atoms with Crippen LogP contribution >= 0.6 is 0 Å². The molecule has 2 atom stereocenters. The maximum atomic E-state index is 12.6. The summed E-state index contributed by atoms with van der Waals surface area (Å²) in [6.07, 6.45) is 2.58. The first kappa shape index (κ1) is 13.5. The smallest absolute Gasteiger partial charge is 0.325 e. The van der Waals surface area contributed by atoms with Gasteiger partial charge in [0.25, 0.3) is 15.6 Å². The normalized spacial score (nSPS) is 30.6. The second-order valence-corrected chi connectivity index (χ2v) is 7.09. The molecule has 2 aliphatic rings. The molecule has 20 heavy (non-hydrogen) atoms. The summed E-state index contributed by atoms with van der Waals surface area (Å²) in [6.45, 7) is 0. The number of hydrogen-bond acceptors (Lipinski definition) is 5. The van der Waals surface area contributed by atoms with Gasteiger partial charge in [-0.1, -0.05) is 0 Å². The van der Waals surface area contributed by atoms with E-state index in [9.17, 15) is 23.1 Å². The summed E-state index contributed by atoms with van der Waals surface area (Å²) in [4.78, 5) is 26.3. The molecule has 0 amide bonds. The fraction of sp³-hybridized carbons (Fsp3) is 0.636. The highest BCUT2D eigenvalue weighted by atomic mass is 32.2. The Morgan fingerprint density at radius 1 is 1.20 bits per heavy atom. The van der Waals surface area contributed by atoms with Crippen molar-refractivity contribution < 1.29 is 13.5 Å². The first-order valence-electron chi connectivity index (χ1n) is 6.43. The highest BCUT2D eigenvalue weighted by molar-refractivity contribution is 7.89. The van der Waals surface area contributed by atoms with E-state index in [0.29, 0.717) is 25.7 Å². The summed E-state index contributed by atoms with van der Waals surface area (Å²) in [5, 5.41) is 9.70. The molecule has 2 aliphatic heterocycles. The molecule has 3 N–H and O–H groups in total. The Balaban J connectivity index is 2.05. The first-order chi connectivity index (χ1) is 9.39. The number of aliphatic hydroxyl groups is 1. The van der Waals surface area contributed by atoms with Crippen LogP contribution in [-0.2, 0) is 10.0 Å². The Hall–Kier alpha value is -1.45. The predicted octanol–water partition coefficient (Wildman–Crippen LogP) is -1.26. The van der Waals surface area contributed by atoms with Crippen LogP contribution in [0, 0.1) is 0 Å². The average molecular weight is 301 g/mol. The lowest BCUT2D eigenvalue weighted by Gasteiger charge is -2.35. The third-order valence-electron chi connectivity index (χ3n) is 3.98. The Morgan fingerprint density at radius 2 is 1.80 bits per heavy atom. The molecule has 2 bridgehead atoms. The zero-order chi connectivity index (χ0) is 14.5. The number of hydrogen-bond donors (Lipinski definition) is 3. The molecule has 1 aromatic heterocycles. The molecule has 0 saturated carbocycles.